The van der Waals surface area contributed by atoms with E-state index in [1.165, 1.54) is 36.7 Å². The van der Waals surface area contributed by atoms with E-state index in [9.17, 15) is 27.6 Å². The van der Waals surface area contributed by atoms with Crippen molar-refractivity contribution in [2.75, 3.05) is 10.2 Å². The van der Waals surface area contributed by atoms with E-state index in [-0.39, 0.29) is 34.2 Å². The number of carbonyl (C=O) groups is 3. The van der Waals surface area contributed by atoms with Gasteiger partial charge in [-0.3, -0.25) is 14.5 Å². The van der Waals surface area contributed by atoms with Crippen LogP contribution in [0.3, 0.4) is 0 Å². The maximum atomic E-state index is 13.0. The van der Waals surface area contributed by atoms with Crippen LogP contribution in [0.15, 0.2) is 35.0 Å². The van der Waals surface area contributed by atoms with Crippen LogP contribution in [0.2, 0.25) is 0 Å². The Labute approximate surface area is 187 Å². The molecule has 0 saturated carbocycles. The van der Waals surface area contributed by atoms with Gasteiger partial charge in [0.2, 0.25) is 11.8 Å². The van der Waals surface area contributed by atoms with Gasteiger partial charge in [-0.15, -0.1) is 22.7 Å². The van der Waals surface area contributed by atoms with Crippen LogP contribution in [0.4, 0.5) is 29.1 Å². The lowest BCUT2D eigenvalue weighted by molar-refractivity contribution is -0.137. The molecule has 0 spiro atoms. The zero-order valence-electron chi connectivity index (χ0n) is 16.6. The van der Waals surface area contributed by atoms with Crippen LogP contribution in [0.5, 0.6) is 0 Å². The highest BCUT2D eigenvalue weighted by molar-refractivity contribution is 7.14. The minimum atomic E-state index is -4.56. The fraction of sp³-hybridized carbons (Fsp3) is 0.211. The standard InChI is InChI=1S/C19H15F3N4O4S2/c1-10(27)23-17-25-15(9-31-17)16(29)30-7-13-8-32-18(24-13)26(11(2)28)14-5-3-4-12(6-14)19(20,21)22/h3-6,8-9H,7H2,1-2H3,(H,23,25,27). The zero-order valence-corrected chi connectivity index (χ0v) is 18.2. The van der Waals surface area contributed by atoms with Crippen LogP contribution < -0.4 is 10.2 Å². The predicted molar refractivity (Wildman–Crippen MR) is 112 cm³/mol. The fourth-order valence-corrected chi connectivity index (χ4v) is 4.10. The normalized spacial score (nSPS) is 11.2. The minimum Gasteiger partial charge on any atom is -0.454 e. The summed E-state index contributed by atoms with van der Waals surface area (Å²) in [6.07, 6.45) is -4.56. The van der Waals surface area contributed by atoms with Gasteiger partial charge < -0.3 is 10.1 Å². The lowest BCUT2D eigenvalue weighted by Gasteiger charge is -2.19. The Hall–Kier alpha value is -3.32. The molecule has 0 atom stereocenters. The molecular formula is C19H15F3N4O4S2. The second-order valence-corrected chi connectivity index (χ2v) is 8.01. The van der Waals surface area contributed by atoms with E-state index < -0.39 is 23.6 Å². The number of esters is 1. The second-order valence-electron chi connectivity index (χ2n) is 6.32. The molecule has 0 aliphatic heterocycles. The van der Waals surface area contributed by atoms with E-state index in [1.54, 1.807) is 0 Å². The number of hydrogen-bond acceptors (Lipinski definition) is 8. The van der Waals surface area contributed by atoms with E-state index in [0.717, 1.165) is 39.7 Å². The highest BCUT2D eigenvalue weighted by atomic mass is 32.1. The van der Waals surface area contributed by atoms with Gasteiger partial charge in [-0.05, 0) is 18.2 Å². The number of aromatic nitrogens is 2. The highest BCUT2D eigenvalue weighted by Crippen LogP contribution is 2.35. The molecule has 0 aliphatic rings. The zero-order chi connectivity index (χ0) is 23.5. The van der Waals surface area contributed by atoms with Crippen molar-refractivity contribution in [1.29, 1.82) is 0 Å². The number of hydrogen-bond donors (Lipinski definition) is 1. The quantitative estimate of drug-likeness (QED) is 0.513. The smallest absolute Gasteiger partial charge is 0.416 e. The first-order valence-corrected chi connectivity index (χ1v) is 10.6. The van der Waals surface area contributed by atoms with Gasteiger partial charge in [0.05, 0.1) is 16.9 Å². The summed E-state index contributed by atoms with van der Waals surface area (Å²) in [4.78, 5) is 44.5. The van der Waals surface area contributed by atoms with E-state index in [1.807, 2.05) is 0 Å². The number of carbonyl (C=O) groups excluding carboxylic acids is 3. The first-order valence-electron chi connectivity index (χ1n) is 8.87. The third-order valence-electron chi connectivity index (χ3n) is 3.82. The summed E-state index contributed by atoms with van der Waals surface area (Å²) in [6, 6.07) is 4.34. The molecule has 13 heteroatoms. The molecule has 3 rings (SSSR count). The molecule has 0 aliphatic carbocycles. The van der Waals surface area contributed by atoms with Gasteiger partial charge in [0.1, 0.15) is 6.61 Å². The SMILES string of the molecule is CC(=O)Nc1nc(C(=O)OCc2csc(N(C(C)=O)c3cccc(C(F)(F)F)c3)n2)cs1. The van der Waals surface area contributed by atoms with Crippen molar-refractivity contribution in [3.63, 3.8) is 0 Å². The number of anilines is 3. The van der Waals surface area contributed by atoms with Crippen LogP contribution in [-0.2, 0) is 27.1 Å². The average Bonchev–Trinajstić information content (AvgIpc) is 3.35. The Bertz CT molecular complexity index is 1160. The Morgan fingerprint density at radius 3 is 2.53 bits per heavy atom. The van der Waals surface area contributed by atoms with Crippen molar-refractivity contribution in [2.45, 2.75) is 26.6 Å². The van der Waals surface area contributed by atoms with Crippen LogP contribution in [0, 0.1) is 0 Å². The average molecular weight is 484 g/mol. The topological polar surface area (TPSA) is 101 Å². The molecule has 1 N–H and O–H groups in total. The van der Waals surface area contributed by atoms with Gasteiger partial charge in [0, 0.05) is 24.6 Å². The van der Waals surface area contributed by atoms with Gasteiger partial charge in [0.25, 0.3) is 0 Å². The van der Waals surface area contributed by atoms with Crippen LogP contribution in [-0.4, -0.2) is 27.8 Å². The van der Waals surface area contributed by atoms with Gasteiger partial charge in [0.15, 0.2) is 16.0 Å². The molecule has 0 saturated heterocycles. The number of nitrogens with zero attached hydrogens (tertiary/aromatic N) is 3. The monoisotopic (exact) mass is 484 g/mol. The van der Waals surface area contributed by atoms with E-state index in [4.69, 9.17) is 4.74 Å². The van der Waals surface area contributed by atoms with Gasteiger partial charge >= 0.3 is 12.1 Å². The number of ether oxygens (including phenoxy) is 1. The van der Waals surface area contributed by atoms with Gasteiger partial charge in [-0.25, -0.2) is 14.8 Å². The Morgan fingerprint density at radius 1 is 1.12 bits per heavy atom. The number of benzene rings is 1. The first-order chi connectivity index (χ1) is 15.0. The summed E-state index contributed by atoms with van der Waals surface area (Å²) in [5, 5.41) is 5.77. The molecule has 0 bridgehead atoms. The summed E-state index contributed by atoms with van der Waals surface area (Å²) in [7, 11) is 0. The summed E-state index contributed by atoms with van der Waals surface area (Å²) in [5.41, 5.74) is -0.579. The molecule has 168 valence electrons. The van der Waals surface area contributed by atoms with Gasteiger partial charge in [-0.2, -0.15) is 13.2 Å². The lowest BCUT2D eigenvalue weighted by atomic mass is 10.2. The Kier molecular flexibility index (Phi) is 6.89. The van der Waals surface area contributed by atoms with Gasteiger partial charge in [-0.1, -0.05) is 6.07 Å². The van der Waals surface area contributed by atoms with Crippen molar-refractivity contribution in [3.05, 3.63) is 52.0 Å². The van der Waals surface area contributed by atoms with Crippen LogP contribution in [0.1, 0.15) is 35.6 Å². The van der Waals surface area contributed by atoms with Crippen molar-refractivity contribution in [2.24, 2.45) is 0 Å². The summed E-state index contributed by atoms with van der Waals surface area (Å²) in [5.74, 6) is -1.60. The van der Waals surface area contributed by atoms with E-state index in [2.05, 4.69) is 15.3 Å². The maximum absolute atomic E-state index is 13.0. The first kappa shape index (κ1) is 23.3. The summed E-state index contributed by atoms with van der Waals surface area (Å²) in [6.45, 7) is 2.27. The molecule has 2 amide bonds. The summed E-state index contributed by atoms with van der Waals surface area (Å²) < 4.78 is 44.2. The minimum absolute atomic E-state index is 0.00327. The molecule has 1 aromatic carbocycles. The van der Waals surface area contributed by atoms with E-state index >= 15 is 0 Å². The highest BCUT2D eigenvalue weighted by Gasteiger charge is 2.31. The maximum Gasteiger partial charge on any atom is 0.416 e. The van der Waals surface area contributed by atoms with Crippen LogP contribution in [0.25, 0.3) is 0 Å². The molecular weight excluding hydrogens is 469 g/mol. The molecule has 0 fully saturated rings. The number of thiazole rings is 2. The van der Waals surface area contributed by atoms with Crippen LogP contribution >= 0.6 is 22.7 Å². The molecule has 3 aromatic rings. The molecule has 2 aromatic heterocycles. The molecule has 8 nitrogen and oxygen atoms in total. The van der Waals surface area contributed by atoms with Crippen molar-refractivity contribution in [3.8, 4) is 0 Å². The third-order valence-corrected chi connectivity index (χ3v) is 5.46. The largest absolute Gasteiger partial charge is 0.454 e. The molecule has 32 heavy (non-hydrogen) atoms. The van der Waals surface area contributed by atoms with E-state index in [0.29, 0.717) is 5.69 Å². The number of alkyl halides is 3. The third kappa shape index (κ3) is 5.68. The number of amides is 2. The Balaban J connectivity index is 1.72. The number of rotatable bonds is 6. The summed E-state index contributed by atoms with van der Waals surface area (Å²) >= 11 is 2.07. The molecule has 0 radical (unpaired) electrons. The van der Waals surface area contributed by atoms with Crippen molar-refractivity contribution in [1.82, 2.24) is 9.97 Å². The second kappa shape index (κ2) is 9.44. The fourth-order valence-electron chi connectivity index (χ4n) is 2.50. The predicted octanol–water partition coefficient (Wildman–Crippen LogP) is 4.62. The number of nitrogens with one attached hydrogen (secondary N) is 1. The molecule has 2 heterocycles. The van der Waals surface area contributed by atoms with Crippen molar-refractivity contribution < 1.29 is 32.3 Å². The Morgan fingerprint density at radius 2 is 1.88 bits per heavy atom. The lowest BCUT2D eigenvalue weighted by Crippen LogP contribution is -2.23. The van der Waals surface area contributed by atoms with Crippen molar-refractivity contribution >= 4 is 56.4 Å². The number of halogens is 3. The molecule has 0 unspecified atom stereocenters.